The molecular formula is C13H16NO3-. The first kappa shape index (κ1) is 13.2. The van der Waals surface area contributed by atoms with Crippen molar-refractivity contribution in [2.24, 2.45) is 0 Å². The van der Waals surface area contributed by atoms with Crippen LogP contribution >= 0.6 is 0 Å². The molecule has 0 aliphatic heterocycles. The predicted molar refractivity (Wildman–Crippen MR) is 61.9 cm³/mol. The molecule has 0 spiro atoms. The Morgan fingerprint density at radius 3 is 2.41 bits per heavy atom. The third-order valence-electron chi connectivity index (χ3n) is 2.40. The van der Waals surface area contributed by atoms with Crippen molar-refractivity contribution in [1.29, 1.82) is 0 Å². The maximum absolute atomic E-state index is 11.3. The van der Waals surface area contributed by atoms with Gasteiger partial charge < -0.3 is 15.2 Å². The first-order valence-electron chi connectivity index (χ1n) is 5.60. The summed E-state index contributed by atoms with van der Waals surface area (Å²) >= 11 is 0. The van der Waals surface area contributed by atoms with Crippen molar-refractivity contribution in [3.63, 3.8) is 0 Å². The molecule has 4 heteroatoms. The van der Waals surface area contributed by atoms with Crippen LogP contribution in [-0.2, 0) is 16.1 Å². The average molecular weight is 234 g/mol. The molecule has 92 valence electrons. The molecule has 1 aromatic rings. The van der Waals surface area contributed by atoms with E-state index in [9.17, 15) is 14.7 Å². The number of carboxylic acids is 1. The molecule has 0 fully saturated rings. The highest BCUT2D eigenvalue weighted by Gasteiger charge is 2.01. The van der Waals surface area contributed by atoms with Crippen molar-refractivity contribution in [2.75, 3.05) is 0 Å². The highest BCUT2D eigenvalue weighted by atomic mass is 16.4. The molecule has 0 saturated heterocycles. The summed E-state index contributed by atoms with van der Waals surface area (Å²) in [6.45, 7) is 2.48. The van der Waals surface area contributed by atoms with Crippen LogP contribution in [0.2, 0.25) is 0 Å². The molecule has 0 atom stereocenters. The third kappa shape index (κ3) is 5.70. The Balaban J connectivity index is 2.23. The molecule has 4 nitrogen and oxygen atoms in total. The zero-order chi connectivity index (χ0) is 12.7. The Labute approximate surface area is 101 Å². The summed E-state index contributed by atoms with van der Waals surface area (Å²) in [6, 6.07) is 7.88. The SMILES string of the molecule is Cc1ccc(CNC(=O)CCCC(=O)[O-])cc1. The second kappa shape index (κ2) is 6.68. The minimum absolute atomic E-state index is 0.0715. The number of hydrogen-bond acceptors (Lipinski definition) is 3. The van der Waals surface area contributed by atoms with Crippen molar-refractivity contribution in [3.8, 4) is 0 Å². The summed E-state index contributed by atoms with van der Waals surface area (Å²) < 4.78 is 0. The number of aliphatic carboxylic acids is 1. The summed E-state index contributed by atoms with van der Waals surface area (Å²) in [6.07, 6.45) is 0.472. The lowest BCUT2D eigenvalue weighted by atomic mass is 10.1. The van der Waals surface area contributed by atoms with E-state index in [4.69, 9.17) is 0 Å². The second-order valence-corrected chi connectivity index (χ2v) is 3.99. The van der Waals surface area contributed by atoms with E-state index in [2.05, 4.69) is 5.32 Å². The number of carbonyl (C=O) groups excluding carboxylic acids is 2. The van der Waals surface area contributed by atoms with E-state index in [0.29, 0.717) is 13.0 Å². The lowest BCUT2D eigenvalue weighted by molar-refractivity contribution is -0.305. The Hall–Kier alpha value is -1.84. The van der Waals surface area contributed by atoms with Crippen LogP contribution in [0.15, 0.2) is 24.3 Å². The van der Waals surface area contributed by atoms with Crippen LogP contribution < -0.4 is 10.4 Å². The zero-order valence-electron chi connectivity index (χ0n) is 9.86. The van der Waals surface area contributed by atoms with E-state index >= 15 is 0 Å². The van der Waals surface area contributed by atoms with E-state index in [1.54, 1.807) is 0 Å². The van der Waals surface area contributed by atoms with Gasteiger partial charge in [0.15, 0.2) is 0 Å². The first-order valence-corrected chi connectivity index (χ1v) is 5.60. The third-order valence-corrected chi connectivity index (χ3v) is 2.40. The van der Waals surface area contributed by atoms with Gasteiger partial charge in [-0.25, -0.2) is 0 Å². The molecule has 0 heterocycles. The number of nitrogens with one attached hydrogen (secondary N) is 1. The van der Waals surface area contributed by atoms with Crippen LogP contribution in [0.25, 0.3) is 0 Å². The van der Waals surface area contributed by atoms with Crippen LogP contribution in [0.4, 0.5) is 0 Å². The molecule has 1 rings (SSSR count). The normalized spacial score (nSPS) is 9.94. The van der Waals surface area contributed by atoms with Crippen molar-refractivity contribution in [2.45, 2.75) is 32.7 Å². The quantitative estimate of drug-likeness (QED) is 0.780. The van der Waals surface area contributed by atoms with Gasteiger partial charge in [-0.05, 0) is 25.3 Å². The molecule has 0 aromatic heterocycles. The van der Waals surface area contributed by atoms with Crippen LogP contribution in [0.5, 0.6) is 0 Å². The monoisotopic (exact) mass is 234 g/mol. The van der Waals surface area contributed by atoms with E-state index in [-0.39, 0.29) is 18.7 Å². The van der Waals surface area contributed by atoms with Crippen molar-refractivity contribution in [3.05, 3.63) is 35.4 Å². The Morgan fingerprint density at radius 2 is 1.82 bits per heavy atom. The van der Waals surface area contributed by atoms with Gasteiger partial charge in [-0.15, -0.1) is 0 Å². The lowest BCUT2D eigenvalue weighted by Crippen LogP contribution is -2.25. The minimum atomic E-state index is -1.11. The molecule has 0 aliphatic rings. The fourth-order valence-corrected chi connectivity index (χ4v) is 1.39. The number of amides is 1. The zero-order valence-corrected chi connectivity index (χ0v) is 9.86. The van der Waals surface area contributed by atoms with Gasteiger partial charge >= 0.3 is 0 Å². The number of aryl methyl sites for hydroxylation is 1. The Morgan fingerprint density at radius 1 is 1.18 bits per heavy atom. The van der Waals surface area contributed by atoms with Gasteiger partial charge in [-0.1, -0.05) is 29.8 Å². The topological polar surface area (TPSA) is 69.2 Å². The summed E-state index contributed by atoms with van der Waals surface area (Å²) in [5.41, 5.74) is 2.21. The molecule has 0 bridgehead atoms. The molecule has 1 N–H and O–H groups in total. The molecular weight excluding hydrogens is 218 g/mol. The second-order valence-electron chi connectivity index (χ2n) is 3.99. The fourth-order valence-electron chi connectivity index (χ4n) is 1.39. The van der Waals surface area contributed by atoms with E-state index < -0.39 is 5.97 Å². The fraction of sp³-hybridized carbons (Fsp3) is 0.385. The number of hydrogen-bond donors (Lipinski definition) is 1. The summed E-state index contributed by atoms with van der Waals surface area (Å²) in [7, 11) is 0. The smallest absolute Gasteiger partial charge is 0.220 e. The number of carboxylic acid groups (broad SMARTS) is 1. The van der Waals surface area contributed by atoms with Crippen molar-refractivity contribution in [1.82, 2.24) is 5.32 Å². The minimum Gasteiger partial charge on any atom is -0.550 e. The van der Waals surface area contributed by atoms with Gasteiger partial charge in [0.2, 0.25) is 5.91 Å². The van der Waals surface area contributed by atoms with E-state index in [0.717, 1.165) is 5.56 Å². The van der Waals surface area contributed by atoms with Crippen LogP contribution in [0.1, 0.15) is 30.4 Å². The molecule has 0 aliphatic carbocycles. The Kier molecular flexibility index (Phi) is 5.20. The number of rotatable bonds is 6. The largest absolute Gasteiger partial charge is 0.550 e. The van der Waals surface area contributed by atoms with Crippen LogP contribution in [-0.4, -0.2) is 11.9 Å². The first-order chi connectivity index (χ1) is 8.08. The van der Waals surface area contributed by atoms with Crippen LogP contribution in [0, 0.1) is 6.92 Å². The Bertz CT molecular complexity index is 384. The van der Waals surface area contributed by atoms with E-state index in [1.807, 2.05) is 31.2 Å². The maximum Gasteiger partial charge on any atom is 0.220 e. The molecule has 17 heavy (non-hydrogen) atoms. The standard InChI is InChI=1S/C13H17NO3/c1-10-5-7-11(8-6-10)9-14-12(15)3-2-4-13(16)17/h5-8H,2-4,9H2,1H3,(H,14,15)(H,16,17)/p-1. The van der Waals surface area contributed by atoms with Gasteiger partial charge in [-0.2, -0.15) is 0 Å². The van der Waals surface area contributed by atoms with E-state index in [1.165, 1.54) is 5.56 Å². The summed E-state index contributed by atoms with van der Waals surface area (Å²) in [5, 5.41) is 12.9. The summed E-state index contributed by atoms with van der Waals surface area (Å²) in [4.78, 5) is 21.5. The average Bonchev–Trinajstić information content (AvgIpc) is 2.28. The summed E-state index contributed by atoms with van der Waals surface area (Å²) in [5.74, 6) is -1.25. The van der Waals surface area contributed by atoms with Gasteiger partial charge in [0.25, 0.3) is 0 Å². The molecule has 0 saturated carbocycles. The molecule has 0 radical (unpaired) electrons. The van der Waals surface area contributed by atoms with Gasteiger partial charge in [0, 0.05) is 18.9 Å². The van der Waals surface area contributed by atoms with Gasteiger partial charge in [0.1, 0.15) is 0 Å². The molecule has 1 amide bonds. The molecule has 1 aromatic carbocycles. The highest BCUT2D eigenvalue weighted by molar-refractivity contribution is 5.76. The molecule has 0 unspecified atom stereocenters. The van der Waals surface area contributed by atoms with Gasteiger partial charge in [-0.3, -0.25) is 4.79 Å². The van der Waals surface area contributed by atoms with Gasteiger partial charge in [0.05, 0.1) is 0 Å². The number of carbonyl (C=O) groups is 2. The highest BCUT2D eigenvalue weighted by Crippen LogP contribution is 2.03. The van der Waals surface area contributed by atoms with Crippen molar-refractivity contribution < 1.29 is 14.7 Å². The lowest BCUT2D eigenvalue weighted by Gasteiger charge is -2.06. The number of benzene rings is 1. The maximum atomic E-state index is 11.3. The van der Waals surface area contributed by atoms with Crippen LogP contribution in [0.3, 0.4) is 0 Å². The predicted octanol–water partition coefficient (Wildman–Crippen LogP) is 0.531. The van der Waals surface area contributed by atoms with Crippen molar-refractivity contribution >= 4 is 11.9 Å².